The molecule has 2 unspecified atom stereocenters. The summed E-state index contributed by atoms with van der Waals surface area (Å²) in [4.78, 5) is 32.7. The first-order valence-electron chi connectivity index (χ1n) is 8.09. The van der Waals surface area contributed by atoms with E-state index < -0.39 is 11.5 Å². The third-order valence-corrected chi connectivity index (χ3v) is 4.82. The lowest BCUT2D eigenvalue weighted by Crippen LogP contribution is -2.41. The number of rotatable bonds is 4. The molecular formula is C17H21N3O4. The molecule has 1 saturated heterocycles. The zero-order chi connectivity index (χ0) is 17.5. The molecule has 24 heavy (non-hydrogen) atoms. The highest BCUT2D eigenvalue weighted by atomic mass is 16.5. The topological polar surface area (TPSA) is 101 Å². The van der Waals surface area contributed by atoms with Crippen LogP contribution in [0, 0.1) is 5.92 Å². The molecule has 0 bridgehead atoms. The number of nitrogens with zero attached hydrogens (tertiary/aromatic N) is 2. The van der Waals surface area contributed by atoms with E-state index >= 15 is 0 Å². The van der Waals surface area contributed by atoms with Crippen LogP contribution in [0.5, 0.6) is 0 Å². The average molecular weight is 331 g/mol. The van der Waals surface area contributed by atoms with E-state index in [9.17, 15) is 14.7 Å². The van der Waals surface area contributed by atoms with Crippen LogP contribution >= 0.6 is 0 Å². The molecule has 3 rings (SSSR count). The van der Waals surface area contributed by atoms with Gasteiger partial charge in [0.25, 0.3) is 5.91 Å². The summed E-state index contributed by atoms with van der Waals surface area (Å²) in [5.41, 5.74) is 0.0299. The maximum Gasteiger partial charge on any atom is 0.338 e. The van der Waals surface area contributed by atoms with Crippen molar-refractivity contribution < 1.29 is 19.4 Å². The third-order valence-electron chi connectivity index (χ3n) is 4.82. The molecule has 1 aromatic rings. The number of carbonyl (C=O) groups is 2. The summed E-state index contributed by atoms with van der Waals surface area (Å²) in [5, 5.41) is 12.2. The molecule has 7 nitrogen and oxygen atoms in total. The van der Waals surface area contributed by atoms with Crippen molar-refractivity contribution in [1.29, 1.82) is 0 Å². The minimum atomic E-state index is -1.10. The molecule has 0 radical (unpaired) electrons. The molecule has 0 aromatic carbocycles. The maximum atomic E-state index is 12.3. The van der Waals surface area contributed by atoms with Crippen molar-refractivity contribution >= 4 is 17.7 Å². The van der Waals surface area contributed by atoms with Gasteiger partial charge in [-0.15, -0.1) is 0 Å². The molecule has 7 heteroatoms. The van der Waals surface area contributed by atoms with Gasteiger partial charge in [0.1, 0.15) is 11.2 Å². The number of aromatic nitrogens is 1. The number of pyridine rings is 1. The third kappa shape index (κ3) is 2.69. The molecule has 2 aliphatic heterocycles. The van der Waals surface area contributed by atoms with Crippen molar-refractivity contribution in [3.05, 3.63) is 29.1 Å². The Morgan fingerprint density at radius 1 is 1.50 bits per heavy atom. The second-order valence-electron chi connectivity index (χ2n) is 6.69. The average Bonchev–Trinajstić information content (AvgIpc) is 3.16. The lowest BCUT2D eigenvalue weighted by molar-refractivity contribution is -0.124. The minimum absolute atomic E-state index is 0.0190. The Labute approximate surface area is 140 Å². The smallest absolute Gasteiger partial charge is 0.338 e. The van der Waals surface area contributed by atoms with Crippen molar-refractivity contribution in [3.8, 4) is 0 Å². The number of carboxylic acids is 1. The van der Waals surface area contributed by atoms with Crippen LogP contribution in [-0.2, 0) is 9.53 Å². The van der Waals surface area contributed by atoms with Gasteiger partial charge in [0.2, 0.25) is 0 Å². The van der Waals surface area contributed by atoms with Gasteiger partial charge < -0.3 is 15.2 Å². The van der Waals surface area contributed by atoms with Gasteiger partial charge in [-0.2, -0.15) is 0 Å². The van der Waals surface area contributed by atoms with Gasteiger partial charge in [0.05, 0.1) is 11.7 Å². The molecule has 0 aliphatic carbocycles. The summed E-state index contributed by atoms with van der Waals surface area (Å²) in [6, 6.07) is 1.57. The van der Waals surface area contributed by atoms with Gasteiger partial charge in [0.15, 0.2) is 5.84 Å². The van der Waals surface area contributed by atoms with Gasteiger partial charge in [-0.1, -0.05) is 13.8 Å². The van der Waals surface area contributed by atoms with Gasteiger partial charge in [-0.3, -0.25) is 9.78 Å². The van der Waals surface area contributed by atoms with Crippen LogP contribution in [-0.4, -0.2) is 39.9 Å². The lowest BCUT2D eigenvalue weighted by atomic mass is 9.89. The number of nitrogens with one attached hydrogen (secondary N) is 1. The van der Waals surface area contributed by atoms with Gasteiger partial charge >= 0.3 is 5.97 Å². The number of ether oxygens (including phenoxy) is 1. The summed E-state index contributed by atoms with van der Waals surface area (Å²) in [6.07, 6.45) is 3.29. The van der Waals surface area contributed by atoms with E-state index in [-0.39, 0.29) is 35.0 Å². The van der Waals surface area contributed by atoms with E-state index in [0.29, 0.717) is 6.61 Å². The van der Waals surface area contributed by atoms with Crippen molar-refractivity contribution in [2.45, 2.75) is 45.3 Å². The molecule has 128 valence electrons. The van der Waals surface area contributed by atoms with Crippen LogP contribution in [0.15, 0.2) is 17.3 Å². The predicted molar refractivity (Wildman–Crippen MR) is 87.0 cm³/mol. The number of amidine groups is 1. The number of aliphatic imine (C=N–C) groups is 1. The second kappa shape index (κ2) is 5.98. The predicted octanol–water partition coefficient (Wildman–Crippen LogP) is 1.92. The van der Waals surface area contributed by atoms with Crippen LogP contribution in [0.3, 0.4) is 0 Å². The molecule has 2 aliphatic rings. The SMILES string of the molecule is CC(C)C1(C)N=C(c2ncc(C3CCCO3)cc2C(=O)O)NC1=O. The number of hydrogen-bond acceptors (Lipinski definition) is 5. The fourth-order valence-electron chi connectivity index (χ4n) is 2.90. The quantitative estimate of drug-likeness (QED) is 0.878. The van der Waals surface area contributed by atoms with Crippen LogP contribution in [0.2, 0.25) is 0 Å². The standard InChI is InChI=1S/C17H21N3O4/c1-9(2)17(3)16(23)19-14(20-17)13-11(15(21)22)7-10(8-18-13)12-5-4-6-24-12/h7-9,12H,4-6H2,1-3H3,(H,21,22)(H,19,20,23). The van der Waals surface area contributed by atoms with Crippen LogP contribution < -0.4 is 5.32 Å². The minimum Gasteiger partial charge on any atom is -0.478 e. The van der Waals surface area contributed by atoms with Crippen molar-refractivity contribution in [2.75, 3.05) is 6.61 Å². The molecule has 3 heterocycles. The first kappa shape index (κ1) is 16.6. The van der Waals surface area contributed by atoms with Crippen molar-refractivity contribution in [3.63, 3.8) is 0 Å². The summed E-state index contributed by atoms with van der Waals surface area (Å²) < 4.78 is 5.59. The zero-order valence-corrected chi connectivity index (χ0v) is 14.0. The van der Waals surface area contributed by atoms with E-state index in [4.69, 9.17) is 4.74 Å². The van der Waals surface area contributed by atoms with E-state index in [1.807, 2.05) is 13.8 Å². The van der Waals surface area contributed by atoms with Gasteiger partial charge in [-0.05, 0) is 37.3 Å². The Balaban J connectivity index is 2.02. The number of carboxylic acid groups (broad SMARTS) is 1. The summed E-state index contributed by atoms with van der Waals surface area (Å²) in [6.45, 7) is 6.21. The molecule has 1 fully saturated rings. The highest BCUT2D eigenvalue weighted by Gasteiger charge is 2.43. The molecule has 1 amide bonds. The van der Waals surface area contributed by atoms with Gasteiger partial charge in [0, 0.05) is 12.8 Å². The van der Waals surface area contributed by atoms with E-state index in [2.05, 4.69) is 15.3 Å². The fourth-order valence-corrected chi connectivity index (χ4v) is 2.90. The van der Waals surface area contributed by atoms with Crippen LogP contribution in [0.25, 0.3) is 0 Å². The highest BCUT2D eigenvalue weighted by Crippen LogP contribution is 2.30. The van der Waals surface area contributed by atoms with E-state index in [1.54, 1.807) is 19.2 Å². The monoisotopic (exact) mass is 331 g/mol. The molecule has 0 spiro atoms. The Morgan fingerprint density at radius 3 is 2.79 bits per heavy atom. The summed E-state index contributed by atoms with van der Waals surface area (Å²) in [7, 11) is 0. The van der Waals surface area contributed by atoms with Crippen LogP contribution in [0.1, 0.15) is 61.3 Å². The van der Waals surface area contributed by atoms with Crippen molar-refractivity contribution in [2.24, 2.45) is 10.9 Å². The largest absolute Gasteiger partial charge is 0.478 e. The lowest BCUT2D eigenvalue weighted by Gasteiger charge is -2.21. The molecular weight excluding hydrogens is 310 g/mol. The Bertz CT molecular complexity index is 723. The first-order chi connectivity index (χ1) is 11.3. The number of aromatic carboxylic acids is 1. The first-order valence-corrected chi connectivity index (χ1v) is 8.09. The number of hydrogen-bond donors (Lipinski definition) is 2. The fraction of sp³-hybridized carbons (Fsp3) is 0.529. The Morgan fingerprint density at radius 2 is 2.25 bits per heavy atom. The second-order valence-corrected chi connectivity index (χ2v) is 6.69. The summed E-state index contributed by atoms with van der Waals surface area (Å²) in [5.74, 6) is -1.15. The van der Waals surface area contributed by atoms with E-state index in [0.717, 1.165) is 18.4 Å². The number of carbonyl (C=O) groups excluding carboxylic acids is 1. The normalized spacial score (nSPS) is 26.6. The molecule has 0 saturated carbocycles. The molecule has 2 N–H and O–H groups in total. The Kier molecular flexibility index (Phi) is 4.13. The zero-order valence-electron chi connectivity index (χ0n) is 14.0. The Hall–Kier alpha value is -2.28. The van der Waals surface area contributed by atoms with E-state index in [1.165, 1.54) is 0 Å². The number of amides is 1. The maximum absolute atomic E-state index is 12.3. The van der Waals surface area contributed by atoms with Crippen molar-refractivity contribution in [1.82, 2.24) is 10.3 Å². The highest BCUT2D eigenvalue weighted by molar-refractivity contribution is 6.17. The molecule has 1 aromatic heterocycles. The molecule has 2 atom stereocenters. The van der Waals surface area contributed by atoms with Crippen LogP contribution in [0.4, 0.5) is 0 Å². The van der Waals surface area contributed by atoms with Gasteiger partial charge in [-0.25, -0.2) is 9.79 Å². The summed E-state index contributed by atoms with van der Waals surface area (Å²) >= 11 is 0.